The van der Waals surface area contributed by atoms with Crippen LogP contribution >= 0.6 is 11.9 Å². The number of rotatable bonds is 6. The van der Waals surface area contributed by atoms with Crippen LogP contribution in [0.25, 0.3) is 11.0 Å². The summed E-state index contributed by atoms with van der Waals surface area (Å²) in [6.07, 6.45) is 0.372. The highest BCUT2D eigenvalue weighted by molar-refractivity contribution is 8.00. The predicted octanol–water partition coefficient (Wildman–Crippen LogP) is 4.74. The maximum atomic E-state index is 13.0. The number of anilines is 1. The summed E-state index contributed by atoms with van der Waals surface area (Å²) in [5.74, 6) is 1.28. The van der Waals surface area contributed by atoms with Crippen molar-refractivity contribution in [2.45, 2.75) is 24.0 Å². The minimum Gasteiger partial charge on any atom is -0.496 e. The molecule has 0 saturated heterocycles. The largest absolute Gasteiger partial charge is 0.496 e. The van der Waals surface area contributed by atoms with Gasteiger partial charge in [0.15, 0.2) is 11.4 Å². The van der Waals surface area contributed by atoms with Gasteiger partial charge in [0.25, 0.3) is 0 Å². The quantitative estimate of drug-likeness (QED) is 0.507. The molecule has 0 fully saturated rings. The average Bonchev–Trinajstić information content (AvgIpc) is 3.52. The van der Waals surface area contributed by atoms with Gasteiger partial charge in [-0.05, 0) is 41.8 Å². The van der Waals surface area contributed by atoms with Crippen molar-refractivity contribution < 1.29 is 27.2 Å². The third kappa shape index (κ3) is 3.82. The number of aromatic nitrogens is 1. The topological polar surface area (TPSA) is 71.8 Å². The van der Waals surface area contributed by atoms with Crippen LogP contribution in [0.1, 0.15) is 16.7 Å². The van der Waals surface area contributed by atoms with E-state index in [0.29, 0.717) is 34.8 Å². The SMILES string of the molecule is COc1cc(C(F)(F)F)ccc1SNc1noc2cc(CN3C=CCN3)c3c(c12)OCC3. The molecule has 2 N–H and O–H groups in total. The highest BCUT2D eigenvalue weighted by atomic mass is 32.2. The second-order valence-corrected chi connectivity index (χ2v) is 8.14. The zero-order chi connectivity index (χ0) is 22.3. The van der Waals surface area contributed by atoms with E-state index in [1.165, 1.54) is 13.2 Å². The highest BCUT2D eigenvalue weighted by Gasteiger charge is 2.31. The molecule has 3 heterocycles. The molecule has 0 unspecified atom stereocenters. The van der Waals surface area contributed by atoms with Crippen LogP contribution < -0.4 is 19.6 Å². The van der Waals surface area contributed by atoms with Gasteiger partial charge in [-0.15, -0.1) is 0 Å². The van der Waals surface area contributed by atoms with E-state index in [4.69, 9.17) is 14.0 Å². The van der Waals surface area contributed by atoms with E-state index in [9.17, 15) is 13.2 Å². The second-order valence-electron chi connectivity index (χ2n) is 7.29. The molecule has 0 spiro atoms. The van der Waals surface area contributed by atoms with E-state index in [0.717, 1.165) is 53.9 Å². The van der Waals surface area contributed by atoms with E-state index in [2.05, 4.69) is 15.3 Å². The van der Waals surface area contributed by atoms with Crippen LogP contribution in [0.5, 0.6) is 11.5 Å². The summed E-state index contributed by atoms with van der Waals surface area (Å²) in [5.41, 5.74) is 5.24. The van der Waals surface area contributed by atoms with Gasteiger partial charge in [-0.3, -0.25) is 0 Å². The maximum absolute atomic E-state index is 13.0. The van der Waals surface area contributed by atoms with E-state index in [-0.39, 0.29) is 5.75 Å². The molecule has 2 aromatic carbocycles. The first-order valence-corrected chi connectivity index (χ1v) is 10.7. The molecule has 1 aromatic heterocycles. The fourth-order valence-electron chi connectivity index (χ4n) is 3.79. The summed E-state index contributed by atoms with van der Waals surface area (Å²) < 4.78 is 58.6. The van der Waals surface area contributed by atoms with E-state index < -0.39 is 11.7 Å². The Morgan fingerprint density at radius 3 is 2.94 bits per heavy atom. The zero-order valence-corrected chi connectivity index (χ0v) is 17.8. The van der Waals surface area contributed by atoms with Gasteiger partial charge in [0.05, 0.1) is 30.7 Å². The van der Waals surface area contributed by atoms with Crippen molar-refractivity contribution in [2.24, 2.45) is 0 Å². The van der Waals surface area contributed by atoms with Crippen molar-refractivity contribution in [2.75, 3.05) is 25.0 Å². The van der Waals surface area contributed by atoms with Crippen molar-refractivity contribution >= 4 is 28.7 Å². The van der Waals surface area contributed by atoms with Gasteiger partial charge in [-0.2, -0.15) is 13.2 Å². The number of hydrogen-bond donors (Lipinski definition) is 2. The molecular weight excluding hydrogens is 445 g/mol. The summed E-state index contributed by atoms with van der Waals surface area (Å²) in [7, 11) is 1.33. The molecule has 0 radical (unpaired) electrons. The third-order valence-electron chi connectivity index (χ3n) is 5.30. The lowest BCUT2D eigenvalue weighted by Gasteiger charge is -2.18. The van der Waals surface area contributed by atoms with Crippen molar-refractivity contribution in [1.82, 2.24) is 15.6 Å². The van der Waals surface area contributed by atoms with Gasteiger partial charge < -0.3 is 23.7 Å². The van der Waals surface area contributed by atoms with E-state index >= 15 is 0 Å². The Hall–Kier alpha value is -3.05. The normalized spacial score (nSPS) is 15.3. The molecule has 168 valence electrons. The number of alkyl halides is 3. The van der Waals surface area contributed by atoms with Crippen LogP contribution in [0.2, 0.25) is 0 Å². The van der Waals surface area contributed by atoms with Crippen molar-refractivity contribution in [3.63, 3.8) is 0 Å². The molecule has 32 heavy (non-hydrogen) atoms. The van der Waals surface area contributed by atoms with E-state index in [1.807, 2.05) is 23.4 Å². The van der Waals surface area contributed by atoms with Crippen molar-refractivity contribution in [3.05, 3.63) is 53.2 Å². The Kier molecular flexibility index (Phi) is 5.30. The molecule has 0 atom stereocenters. The lowest BCUT2D eigenvalue weighted by molar-refractivity contribution is -0.137. The molecule has 0 saturated carbocycles. The van der Waals surface area contributed by atoms with Gasteiger partial charge in [0.2, 0.25) is 0 Å². The minimum absolute atomic E-state index is 0.111. The van der Waals surface area contributed by atoms with Crippen molar-refractivity contribution in [3.8, 4) is 11.5 Å². The Morgan fingerprint density at radius 1 is 1.31 bits per heavy atom. The van der Waals surface area contributed by atoms with Gasteiger partial charge in [-0.1, -0.05) is 11.2 Å². The fourth-order valence-corrected chi connectivity index (χ4v) is 4.51. The molecule has 7 nitrogen and oxygen atoms in total. The average molecular weight is 464 g/mol. The Bertz CT molecular complexity index is 1200. The smallest absolute Gasteiger partial charge is 0.416 e. The van der Waals surface area contributed by atoms with Gasteiger partial charge in [0.1, 0.15) is 16.9 Å². The summed E-state index contributed by atoms with van der Waals surface area (Å²) in [6, 6.07) is 5.30. The second kappa shape index (κ2) is 8.14. The summed E-state index contributed by atoms with van der Waals surface area (Å²) >= 11 is 1.09. The number of halogens is 3. The zero-order valence-electron chi connectivity index (χ0n) is 17.0. The van der Waals surface area contributed by atoms with E-state index in [1.54, 1.807) is 0 Å². The molecule has 2 aliphatic heterocycles. The lowest BCUT2D eigenvalue weighted by atomic mass is 10.0. The minimum atomic E-state index is -4.44. The molecule has 2 aliphatic rings. The first kappa shape index (κ1) is 20.8. The molecular formula is C21H19F3N4O3S. The van der Waals surface area contributed by atoms with Crippen LogP contribution in [0, 0.1) is 0 Å². The van der Waals surface area contributed by atoms with Crippen LogP contribution in [0.15, 0.2) is 46.0 Å². The number of nitrogens with zero attached hydrogens (tertiary/aromatic N) is 2. The molecule has 0 bridgehead atoms. The Morgan fingerprint density at radius 2 is 2.19 bits per heavy atom. The molecule has 5 rings (SSSR count). The fraction of sp³-hybridized carbons (Fsp3) is 0.286. The summed E-state index contributed by atoms with van der Waals surface area (Å²) in [5, 5.41) is 6.84. The predicted molar refractivity (Wildman–Crippen MR) is 113 cm³/mol. The van der Waals surface area contributed by atoms with Crippen LogP contribution in [-0.2, 0) is 19.1 Å². The number of benzene rings is 2. The Balaban J connectivity index is 1.42. The van der Waals surface area contributed by atoms with Crippen LogP contribution in [-0.4, -0.2) is 30.4 Å². The Labute approximate surface area is 185 Å². The number of hydrogen-bond acceptors (Lipinski definition) is 8. The molecule has 0 aliphatic carbocycles. The highest BCUT2D eigenvalue weighted by Crippen LogP contribution is 2.43. The molecule has 0 amide bonds. The monoisotopic (exact) mass is 464 g/mol. The number of methoxy groups -OCH3 is 1. The number of fused-ring (bicyclic) bond motifs is 3. The van der Waals surface area contributed by atoms with Gasteiger partial charge in [0, 0.05) is 24.7 Å². The van der Waals surface area contributed by atoms with Gasteiger partial charge >= 0.3 is 6.18 Å². The lowest BCUT2D eigenvalue weighted by Crippen LogP contribution is -2.28. The number of nitrogens with one attached hydrogen (secondary N) is 2. The van der Waals surface area contributed by atoms with Gasteiger partial charge in [-0.25, -0.2) is 5.43 Å². The maximum Gasteiger partial charge on any atom is 0.416 e. The number of hydrazine groups is 1. The molecule has 3 aromatic rings. The summed E-state index contributed by atoms with van der Waals surface area (Å²) in [4.78, 5) is 0.484. The molecule has 11 heteroatoms. The van der Waals surface area contributed by atoms with Crippen LogP contribution in [0.3, 0.4) is 0 Å². The third-order valence-corrected chi connectivity index (χ3v) is 6.15. The first-order chi connectivity index (χ1) is 15.4. The number of ether oxygens (including phenoxy) is 2. The summed E-state index contributed by atoms with van der Waals surface area (Å²) in [6.45, 7) is 2.02. The van der Waals surface area contributed by atoms with Crippen LogP contribution in [0.4, 0.5) is 19.0 Å². The first-order valence-electron chi connectivity index (χ1n) is 9.86. The van der Waals surface area contributed by atoms with Crippen molar-refractivity contribution in [1.29, 1.82) is 0 Å². The standard InChI is InChI=1S/C21H19F3N4O3S/c1-29-15-10-13(21(22,23)24)3-4-17(15)32-27-20-18-16(31-26-20)9-12(11-28-7-2-6-25-28)14-5-8-30-19(14)18/h2-4,7,9-10,25H,5-6,8,11H2,1H3,(H,26,27).